The molecule has 0 N–H and O–H groups in total. The highest BCUT2D eigenvalue weighted by molar-refractivity contribution is 7.79. The van der Waals surface area contributed by atoms with Crippen LogP contribution in [0.4, 0.5) is 0 Å². The highest BCUT2D eigenvalue weighted by Crippen LogP contribution is 1.66. The number of hydrogen-bond acceptors (Lipinski definition) is 3. The molecule has 0 rings (SSSR count). The van der Waals surface area contributed by atoms with Gasteiger partial charge in [-0.05, 0) is 0 Å². The lowest BCUT2D eigenvalue weighted by atomic mass is 10.8. The van der Waals surface area contributed by atoms with Gasteiger partial charge >= 0.3 is 0 Å². The minimum atomic E-state index is 0.516. The van der Waals surface area contributed by atoms with Gasteiger partial charge in [-0.25, -0.2) is 0 Å². The summed E-state index contributed by atoms with van der Waals surface area (Å²) in [5, 5.41) is 3.05. The zero-order chi connectivity index (χ0) is 5.54. The Balaban J connectivity index is 2.68. The van der Waals surface area contributed by atoms with E-state index < -0.39 is 0 Å². The smallest absolute Gasteiger partial charge is 0.0754 e. The van der Waals surface area contributed by atoms with E-state index in [1.165, 1.54) is 10.7 Å². The Hall–Kier alpha value is 0.140. The molecule has 1 nitrogen and oxygen atoms in total. The standard InChI is InChI=1S/C4H6OS2/c6-3-1-5-2-4-7/h3-4H,1-2H2. The van der Waals surface area contributed by atoms with E-state index >= 15 is 0 Å². The summed E-state index contributed by atoms with van der Waals surface area (Å²) < 4.78 is 4.81. The molecule has 0 aromatic carbocycles. The molecule has 0 radical (unpaired) electrons. The maximum absolute atomic E-state index is 4.81. The zero-order valence-electron chi connectivity index (χ0n) is 3.79. The fourth-order valence-electron chi connectivity index (χ4n) is 0.164. The van der Waals surface area contributed by atoms with Gasteiger partial charge in [-0.1, -0.05) is 24.4 Å². The summed E-state index contributed by atoms with van der Waals surface area (Å²) in [6.45, 7) is 1.03. The molecular formula is C4H6OS2. The van der Waals surface area contributed by atoms with Crippen LogP contribution in [-0.4, -0.2) is 23.9 Å². The second-order valence-corrected chi connectivity index (χ2v) is 1.54. The monoisotopic (exact) mass is 134 g/mol. The largest absolute Gasteiger partial charge is 0.372 e. The molecule has 0 aliphatic heterocycles. The second-order valence-electron chi connectivity index (χ2n) is 0.871. The van der Waals surface area contributed by atoms with Crippen molar-refractivity contribution in [1.29, 1.82) is 0 Å². The fraction of sp³-hybridized carbons (Fsp3) is 0.500. The molecule has 0 amide bonds. The Morgan fingerprint density at radius 3 is 1.86 bits per heavy atom. The second kappa shape index (κ2) is 6.14. The van der Waals surface area contributed by atoms with E-state index in [0.717, 1.165) is 0 Å². The van der Waals surface area contributed by atoms with Gasteiger partial charge in [0, 0.05) is 10.7 Å². The van der Waals surface area contributed by atoms with Crippen molar-refractivity contribution >= 4 is 35.2 Å². The molecule has 0 spiro atoms. The van der Waals surface area contributed by atoms with Gasteiger partial charge in [0.1, 0.15) is 0 Å². The van der Waals surface area contributed by atoms with Crippen LogP contribution in [0.3, 0.4) is 0 Å². The average molecular weight is 134 g/mol. The molecule has 0 atom stereocenters. The summed E-state index contributed by atoms with van der Waals surface area (Å²) in [5.41, 5.74) is 0. The van der Waals surface area contributed by atoms with Gasteiger partial charge in [0.05, 0.1) is 13.2 Å². The summed E-state index contributed by atoms with van der Waals surface area (Å²) in [5.74, 6) is 0. The van der Waals surface area contributed by atoms with Gasteiger partial charge < -0.3 is 4.74 Å². The van der Waals surface area contributed by atoms with Gasteiger partial charge in [0.2, 0.25) is 0 Å². The maximum atomic E-state index is 4.81. The highest BCUT2D eigenvalue weighted by Gasteiger charge is 1.73. The lowest BCUT2D eigenvalue weighted by Gasteiger charge is -1.88. The SMILES string of the molecule is S=CCOCC=S. The van der Waals surface area contributed by atoms with Crippen LogP contribution in [0, 0.1) is 0 Å². The summed E-state index contributed by atoms with van der Waals surface area (Å²) in [6.07, 6.45) is 0. The van der Waals surface area contributed by atoms with Crippen molar-refractivity contribution in [1.82, 2.24) is 0 Å². The van der Waals surface area contributed by atoms with Gasteiger partial charge in [0.15, 0.2) is 0 Å². The van der Waals surface area contributed by atoms with Crippen molar-refractivity contribution in [3.8, 4) is 0 Å². The Labute approximate surface area is 53.7 Å². The Morgan fingerprint density at radius 1 is 1.14 bits per heavy atom. The van der Waals surface area contributed by atoms with Crippen LogP contribution in [0.15, 0.2) is 0 Å². The molecule has 0 bridgehead atoms. The van der Waals surface area contributed by atoms with E-state index in [0.29, 0.717) is 13.2 Å². The Bertz CT molecular complexity index is 54.7. The molecule has 0 aromatic rings. The quantitative estimate of drug-likeness (QED) is 0.419. The van der Waals surface area contributed by atoms with E-state index in [9.17, 15) is 0 Å². The molecular weight excluding hydrogens is 128 g/mol. The number of ether oxygens (including phenoxy) is 1. The molecule has 0 fully saturated rings. The third-order valence-electron chi connectivity index (χ3n) is 0.372. The molecule has 0 saturated heterocycles. The summed E-state index contributed by atoms with van der Waals surface area (Å²) >= 11 is 8.93. The van der Waals surface area contributed by atoms with Gasteiger partial charge in [-0.3, -0.25) is 0 Å². The van der Waals surface area contributed by atoms with Crippen molar-refractivity contribution in [2.24, 2.45) is 0 Å². The normalized spacial score (nSPS) is 8.00. The molecule has 3 heteroatoms. The fourth-order valence-corrected chi connectivity index (χ4v) is 0.357. The molecule has 0 aromatic heterocycles. The molecule has 7 heavy (non-hydrogen) atoms. The predicted octanol–water partition coefficient (Wildman–Crippen LogP) is 1.00. The van der Waals surface area contributed by atoms with E-state index in [1.54, 1.807) is 0 Å². The van der Waals surface area contributed by atoms with Crippen LogP contribution in [0.2, 0.25) is 0 Å². The van der Waals surface area contributed by atoms with Crippen molar-refractivity contribution in [3.05, 3.63) is 0 Å². The minimum Gasteiger partial charge on any atom is -0.372 e. The maximum Gasteiger partial charge on any atom is 0.0754 e. The lowest BCUT2D eigenvalue weighted by Crippen LogP contribution is -1.95. The molecule has 0 heterocycles. The third kappa shape index (κ3) is 6.14. The molecule has 0 saturated carbocycles. The molecule has 40 valence electrons. The first kappa shape index (κ1) is 7.14. The first-order valence-electron chi connectivity index (χ1n) is 1.87. The molecule has 0 unspecified atom stereocenters. The number of thiocarbonyl (C=S) groups is 2. The van der Waals surface area contributed by atoms with Gasteiger partial charge in [-0.15, -0.1) is 0 Å². The molecule has 0 aliphatic carbocycles. The van der Waals surface area contributed by atoms with Crippen molar-refractivity contribution in [2.75, 3.05) is 13.2 Å². The lowest BCUT2D eigenvalue weighted by molar-refractivity contribution is 0.223. The summed E-state index contributed by atoms with van der Waals surface area (Å²) in [4.78, 5) is 0. The topological polar surface area (TPSA) is 9.23 Å². The van der Waals surface area contributed by atoms with Crippen LogP contribution in [0.25, 0.3) is 0 Å². The van der Waals surface area contributed by atoms with E-state index in [-0.39, 0.29) is 0 Å². The Morgan fingerprint density at radius 2 is 1.57 bits per heavy atom. The van der Waals surface area contributed by atoms with Crippen LogP contribution >= 0.6 is 24.4 Å². The molecule has 0 aliphatic rings. The van der Waals surface area contributed by atoms with Gasteiger partial charge in [0.25, 0.3) is 0 Å². The van der Waals surface area contributed by atoms with Crippen molar-refractivity contribution in [3.63, 3.8) is 0 Å². The van der Waals surface area contributed by atoms with Crippen molar-refractivity contribution in [2.45, 2.75) is 0 Å². The van der Waals surface area contributed by atoms with Gasteiger partial charge in [-0.2, -0.15) is 0 Å². The summed E-state index contributed by atoms with van der Waals surface area (Å²) in [6, 6.07) is 0. The number of rotatable bonds is 4. The number of hydrogen-bond donors (Lipinski definition) is 0. The first-order chi connectivity index (χ1) is 3.41. The average Bonchev–Trinajstić information content (AvgIpc) is 1.69. The van der Waals surface area contributed by atoms with Crippen LogP contribution in [0.5, 0.6) is 0 Å². The predicted molar refractivity (Wildman–Crippen MR) is 38.1 cm³/mol. The third-order valence-corrected chi connectivity index (χ3v) is 0.644. The summed E-state index contributed by atoms with van der Waals surface area (Å²) in [7, 11) is 0. The van der Waals surface area contributed by atoms with Crippen LogP contribution in [-0.2, 0) is 4.74 Å². The van der Waals surface area contributed by atoms with E-state index in [2.05, 4.69) is 24.4 Å². The first-order valence-corrected chi connectivity index (χ1v) is 2.81. The Kier molecular flexibility index (Phi) is 6.26. The van der Waals surface area contributed by atoms with Crippen LogP contribution < -0.4 is 0 Å². The highest BCUT2D eigenvalue weighted by atomic mass is 32.1. The zero-order valence-corrected chi connectivity index (χ0v) is 5.43. The van der Waals surface area contributed by atoms with E-state index in [1.807, 2.05) is 0 Å². The minimum absolute atomic E-state index is 0.516. The van der Waals surface area contributed by atoms with E-state index in [4.69, 9.17) is 4.74 Å². The van der Waals surface area contributed by atoms with Crippen molar-refractivity contribution < 1.29 is 4.74 Å². The van der Waals surface area contributed by atoms with Crippen LogP contribution in [0.1, 0.15) is 0 Å².